The molecule has 5 heteroatoms. The van der Waals surface area contributed by atoms with Crippen LogP contribution in [0.5, 0.6) is 0 Å². The fourth-order valence-electron chi connectivity index (χ4n) is 1.09. The average Bonchev–Trinajstić information content (AvgIpc) is 2.65. The zero-order valence-electron chi connectivity index (χ0n) is 6.80. The van der Waals surface area contributed by atoms with Crippen molar-refractivity contribution < 1.29 is 8.81 Å². The summed E-state index contributed by atoms with van der Waals surface area (Å²) in [6, 6.07) is 3.37. The van der Waals surface area contributed by atoms with E-state index in [-0.39, 0.29) is 5.82 Å². The molecule has 0 aliphatic rings. The molecule has 0 saturated carbocycles. The van der Waals surface area contributed by atoms with Crippen LogP contribution in [-0.2, 0) is 0 Å². The summed E-state index contributed by atoms with van der Waals surface area (Å²) in [7, 11) is 0. The standard InChI is InChI=1S/C9H4Br2FNO/c10-5-1-2-6(11)9(12)8(5)7-3-13-4-14-7/h1-4H. The van der Waals surface area contributed by atoms with Gasteiger partial charge in [0, 0.05) is 4.47 Å². The van der Waals surface area contributed by atoms with Crippen molar-refractivity contribution in [1.29, 1.82) is 0 Å². The first kappa shape index (κ1) is 9.86. The van der Waals surface area contributed by atoms with Crippen LogP contribution in [0.2, 0.25) is 0 Å². The summed E-state index contributed by atoms with van der Waals surface area (Å²) >= 11 is 6.36. The van der Waals surface area contributed by atoms with Crippen molar-refractivity contribution in [3.05, 3.63) is 39.5 Å². The highest BCUT2D eigenvalue weighted by Gasteiger charge is 2.14. The van der Waals surface area contributed by atoms with Gasteiger partial charge in [0.15, 0.2) is 12.2 Å². The fraction of sp³-hybridized carbons (Fsp3) is 0. The van der Waals surface area contributed by atoms with Gasteiger partial charge in [-0.05, 0) is 44.0 Å². The van der Waals surface area contributed by atoms with E-state index in [9.17, 15) is 4.39 Å². The summed E-state index contributed by atoms with van der Waals surface area (Å²) in [4.78, 5) is 3.74. The molecule has 0 aliphatic heterocycles. The minimum absolute atomic E-state index is 0.365. The number of rotatable bonds is 1. The van der Waals surface area contributed by atoms with Gasteiger partial charge in [-0.15, -0.1) is 0 Å². The summed E-state index contributed by atoms with van der Waals surface area (Å²) in [5.74, 6) is 0.0341. The molecule has 0 bridgehead atoms. The molecule has 14 heavy (non-hydrogen) atoms. The maximum absolute atomic E-state index is 13.7. The number of nitrogens with zero attached hydrogens (tertiary/aromatic N) is 1. The second-order valence-corrected chi connectivity index (χ2v) is 4.29. The van der Waals surface area contributed by atoms with Crippen molar-refractivity contribution in [2.75, 3.05) is 0 Å². The van der Waals surface area contributed by atoms with Gasteiger partial charge >= 0.3 is 0 Å². The predicted octanol–water partition coefficient (Wildman–Crippen LogP) is 4.01. The zero-order valence-corrected chi connectivity index (χ0v) is 9.97. The van der Waals surface area contributed by atoms with Gasteiger partial charge in [0.25, 0.3) is 0 Å². The minimum Gasteiger partial charge on any atom is -0.443 e. The first-order chi connectivity index (χ1) is 6.70. The van der Waals surface area contributed by atoms with Gasteiger partial charge < -0.3 is 4.42 Å². The zero-order chi connectivity index (χ0) is 10.1. The summed E-state index contributed by atoms with van der Waals surface area (Å²) in [6.07, 6.45) is 2.73. The molecule has 0 unspecified atom stereocenters. The molecule has 0 spiro atoms. The monoisotopic (exact) mass is 319 g/mol. The molecule has 1 aromatic heterocycles. The number of aromatic nitrogens is 1. The van der Waals surface area contributed by atoms with Crippen LogP contribution >= 0.6 is 31.9 Å². The summed E-state index contributed by atoms with van der Waals surface area (Å²) < 4.78 is 19.7. The molecule has 1 heterocycles. The van der Waals surface area contributed by atoms with Gasteiger partial charge in [-0.2, -0.15) is 0 Å². The van der Waals surface area contributed by atoms with Gasteiger partial charge in [0.1, 0.15) is 5.82 Å². The van der Waals surface area contributed by atoms with Gasteiger partial charge in [-0.25, -0.2) is 9.37 Å². The molecule has 2 rings (SSSR count). The Labute approximate surface area is 96.4 Å². The van der Waals surface area contributed by atoms with Gasteiger partial charge in [0.2, 0.25) is 0 Å². The van der Waals surface area contributed by atoms with Crippen molar-refractivity contribution in [1.82, 2.24) is 4.98 Å². The third-order valence-corrected chi connectivity index (χ3v) is 3.00. The third kappa shape index (κ3) is 1.62. The van der Waals surface area contributed by atoms with Crippen LogP contribution in [0, 0.1) is 5.82 Å². The molecule has 0 aliphatic carbocycles. The molecule has 0 amide bonds. The highest BCUT2D eigenvalue weighted by molar-refractivity contribution is 9.11. The van der Waals surface area contributed by atoms with Crippen LogP contribution in [0.1, 0.15) is 0 Å². The SMILES string of the molecule is Fc1c(Br)ccc(Br)c1-c1cnco1. The first-order valence-corrected chi connectivity index (χ1v) is 5.31. The summed E-state index contributed by atoms with van der Waals surface area (Å²) in [5, 5.41) is 0. The lowest BCUT2D eigenvalue weighted by atomic mass is 10.2. The van der Waals surface area contributed by atoms with E-state index in [4.69, 9.17) is 4.42 Å². The fourth-order valence-corrected chi connectivity index (χ4v) is 1.92. The van der Waals surface area contributed by atoms with Crippen LogP contribution in [0.4, 0.5) is 4.39 Å². The van der Waals surface area contributed by atoms with Crippen LogP contribution in [-0.4, -0.2) is 4.98 Å². The third-order valence-electron chi connectivity index (χ3n) is 1.72. The van der Waals surface area contributed by atoms with Crippen LogP contribution in [0.25, 0.3) is 11.3 Å². The Kier molecular flexibility index (Phi) is 2.69. The first-order valence-electron chi connectivity index (χ1n) is 3.72. The Morgan fingerprint density at radius 3 is 2.57 bits per heavy atom. The maximum atomic E-state index is 13.7. The molecular formula is C9H4Br2FNO. The molecule has 2 nitrogen and oxygen atoms in total. The molecule has 1 aromatic carbocycles. The van der Waals surface area contributed by atoms with Crippen molar-refractivity contribution in [3.63, 3.8) is 0 Å². The highest BCUT2D eigenvalue weighted by Crippen LogP contribution is 2.34. The lowest BCUT2D eigenvalue weighted by Crippen LogP contribution is -1.86. The molecule has 2 aromatic rings. The molecule has 0 radical (unpaired) electrons. The molecule has 0 atom stereocenters. The molecule has 0 fully saturated rings. The summed E-state index contributed by atoms with van der Waals surface area (Å²) in [6.45, 7) is 0. The topological polar surface area (TPSA) is 26.0 Å². The Bertz CT molecular complexity index is 456. The van der Waals surface area contributed by atoms with Crippen molar-refractivity contribution >= 4 is 31.9 Å². The largest absolute Gasteiger partial charge is 0.443 e. The van der Waals surface area contributed by atoms with Crippen molar-refractivity contribution in [2.24, 2.45) is 0 Å². The van der Waals surface area contributed by atoms with E-state index in [0.29, 0.717) is 20.3 Å². The van der Waals surface area contributed by atoms with E-state index in [2.05, 4.69) is 36.8 Å². The van der Waals surface area contributed by atoms with Gasteiger partial charge in [-0.1, -0.05) is 0 Å². The van der Waals surface area contributed by atoms with E-state index in [1.54, 1.807) is 12.1 Å². The average molecular weight is 321 g/mol. The number of hydrogen-bond acceptors (Lipinski definition) is 2. The van der Waals surface area contributed by atoms with Gasteiger partial charge in [0.05, 0.1) is 16.2 Å². The molecule has 72 valence electrons. The van der Waals surface area contributed by atoms with E-state index in [0.717, 1.165) is 0 Å². The lowest BCUT2D eigenvalue weighted by Gasteiger charge is -2.03. The van der Waals surface area contributed by atoms with E-state index in [1.807, 2.05) is 0 Å². The normalized spacial score (nSPS) is 10.5. The van der Waals surface area contributed by atoms with Crippen LogP contribution < -0.4 is 0 Å². The molecule has 0 N–H and O–H groups in total. The van der Waals surface area contributed by atoms with Crippen LogP contribution in [0.3, 0.4) is 0 Å². The highest BCUT2D eigenvalue weighted by atomic mass is 79.9. The second-order valence-electron chi connectivity index (χ2n) is 2.58. The van der Waals surface area contributed by atoms with Crippen LogP contribution in [0.15, 0.2) is 38.1 Å². The molecular weight excluding hydrogens is 317 g/mol. The molecule has 0 saturated heterocycles. The van der Waals surface area contributed by atoms with Gasteiger partial charge in [-0.3, -0.25) is 0 Å². The Morgan fingerprint density at radius 2 is 1.93 bits per heavy atom. The maximum Gasteiger partial charge on any atom is 0.181 e. The predicted molar refractivity (Wildman–Crippen MR) is 57.3 cm³/mol. The van der Waals surface area contributed by atoms with E-state index >= 15 is 0 Å². The second kappa shape index (κ2) is 3.82. The minimum atomic E-state index is -0.365. The number of hydrogen-bond donors (Lipinski definition) is 0. The smallest absolute Gasteiger partial charge is 0.181 e. The number of benzene rings is 1. The van der Waals surface area contributed by atoms with E-state index in [1.165, 1.54) is 12.6 Å². The number of halogens is 3. The summed E-state index contributed by atoms with van der Waals surface area (Å²) in [5.41, 5.74) is 0.372. The Morgan fingerprint density at radius 1 is 1.21 bits per heavy atom. The lowest BCUT2D eigenvalue weighted by molar-refractivity contribution is 0.559. The number of oxazole rings is 1. The van der Waals surface area contributed by atoms with E-state index < -0.39 is 0 Å². The van der Waals surface area contributed by atoms with Crippen molar-refractivity contribution in [2.45, 2.75) is 0 Å². The Hall–Kier alpha value is -0.680. The van der Waals surface area contributed by atoms with Crippen molar-refractivity contribution in [3.8, 4) is 11.3 Å². The quantitative estimate of drug-likeness (QED) is 0.742. The Balaban J connectivity index is 2.69.